The molecule has 0 fully saturated rings. The van der Waals surface area contributed by atoms with E-state index in [1.807, 2.05) is 55.5 Å². The van der Waals surface area contributed by atoms with Crippen LogP contribution in [0.4, 0.5) is 0 Å². The van der Waals surface area contributed by atoms with E-state index in [-0.39, 0.29) is 12.5 Å². The van der Waals surface area contributed by atoms with E-state index in [0.717, 1.165) is 16.7 Å². The highest BCUT2D eigenvalue weighted by Gasteiger charge is 2.20. The fraction of sp³-hybridized carbons (Fsp3) is 0.318. The molecule has 0 aliphatic heterocycles. The van der Waals surface area contributed by atoms with Crippen LogP contribution in [0.15, 0.2) is 52.9 Å². The maximum atomic E-state index is 12.2. The van der Waals surface area contributed by atoms with Gasteiger partial charge in [-0.3, -0.25) is 0 Å². The van der Waals surface area contributed by atoms with Crippen LogP contribution in [0.2, 0.25) is 0 Å². The lowest BCUT2D eigenvalue weighted by molar-refractivity contribution is -0.152. The molecule has 1 heterocycles. The summed E-state index contributed by atoms with van der Waals surface area (Å²) in [5, 5.41) is 7.99. The standard InChI is InChI=1S/C22H24N2O4/c1-14(2)18-11-10-15(3)12-19(18)26-13-20(25)27-16(4)21-23-24-22(28-21)17-8-6-5-7-9-17/h5-12,14,16H,13H2,1-4H3. The fourth-order valence-corrected chi connectivity index (χ4v) is 2.76. The SMILES string of the molecule is Cc1ccc(C(C)C)c(OCC(=O)OC(C)c2nnc(-c3ccccc3)o2)c1. The minimum absolute atomic E-state index is 0.187. The normalized spacial score (nSPS) is 12.0. The fourth-order valence-electron chi connectivity index (χ4n) is 2.76. The Morgan fingerprint density at radius 3 is 2.54 bits per heavy atom. The maximum Gasteiger partial charge on any atom is 0.344 e. The molecule has 0 aliphatic rings. The van der Waals surface area contributed by atoms with Crippen LogP contribution in [0.3, 0.4) is 0 Å². The quantitative estimate of drug-likeness (QED) is 0.545. The molecule has 0 N–H and O–H groups in total. The van der Waals surface area contributed by atoms with Gasteiger partial charge < -0.3 is 13.9 Å². The van der Waals surface area contributed by atoms with Gasteiger partial charge in [0.2, 0.25) is 5.89 Å². The van der Waals surface area contributed by atoms with Crippen LogP contribution in [0.1, 0.15) is 49.8 Å². The predicted molar refractivity (Wildman–Crippen MR) is 105 cm³/mol. The molecule has 0 radical (unpaired) electrons. The Bertz CT molecular complexity index is 935. The molecule has 1 atom stereocenters. The first kappa shape index (κ1) is 19.6. The van der Waals surface area contributed by atoms with E-state index in [0.29, 0.717) is 17.6 Å². The summed E-state index contributed by atoms with van der Waals surface area (Å²) in [5.41, 5.74) is 2.93. The van der Waals surface area contributed by atoms with Crippen LogP contribution in [-0.2, 0) is 9.53 Å². The molecule has 0 bridgehead atoms. The second-order valence-corrected chi connectivity index (χ2v) is 6.93. The van der Waals surface area contributed by atoms with Gasteiger partial charge in [0, 0.05) is 5.56 Å². The van der Waals surface area contributed by atoms with Crippen molar-refractivity contribution in [3.63, 3.8) is 0 Å². The number of hydrogen-bond donors (Lipinski definition) is 0. The van der Waals surface area contributed by atoms with Crippen molar-refractivity contribution in [2.75, 3.05) is 6.61 Å². The lowest BCUT2D eigenvalue weighted by atomic mass is 10.0. The Labute approximate surface area is 164 Å². The largest absolute Gasteiger partial charge is 0.482 e. The summed E-state index contributed by atoms with van der Waals surface area (Å²) < 4.78 is 16.7. The van der Waals surface area contributed by atoms with Crippen LogP contribution in [0.25, 0.3) is 11.5 Å². The molecule has 1 aromatic heterocycles. The molecule has 2 aromatic carbocycles. The summed E-state index contributed by atoms with van der Waals surface area (Å²) in [6, 6.07) is 15.4. The van der Waals surface area contributed by atoms with Crippen molar-refractivity contribution in [2.45, 2.75) is 39.7 Å². The topological polar surface area (TPSA) is 74.5 Å². The molecule has 6 nitrogen and oxygen atoms in total. The summed E-state index contributed by atoms with van der Waals surface area (Å²) >= 11 is 0. The van der Waals surface area contributed by atoms with Crippen LogP contribution >= 0.6 is 0 Å². The molecular weight excluding hydrogens is 356 g/mol. The molecule has 0 amide bonds. The van der Waals surface area contributed by atoms with Gasteiger partial charge >= 0.3 is 5.97 Å². The first-order valence-electron chi connectivity index (χ1n) is 9.25. The Hall–Kier alpha value is -3.15. The zero-order valence-corrected chi connectivity index (χ0v) is 16.5. The monoisotopic (exact) mass is 380 g/mol. The van der Waals surface area contributed by atoms with Gasteiger partial charge in [-0.2, -0.15) is 0 Å². The second kappa shape index (κ2) is 8.69. The molecule has 0 saturated heterocycles. The number of esters is 1. The Morgan fingerprint density at radius 2 is 1.82 bits per heavy atom. The Balaban J connectivity index is 1.60. The third-order valence-corrected chi connectivity index (χ3v) is 4.25. The average molecular weight is 380 g/mol. The lowest BCUT2D eigenvalue weighted by Crippen LogP contribution is -2.17. The summed E-state index contributed by atoms with van der Waals surface area (Å²) in [7, 11) is 0. The number of benzene rings is 2. The van der Waals surface area contributed by atoms with Crippen LogP contribution < -0.4 is 4.74 Å². The smallest absolute Gasteiger partial charge is 0.344 e. The van der Waals surface area contributed by atoms with Gasteiger partial charge in [0.15, 0.2) is 12.7 Å². The van der Waals surface area contributed by atoms with Gasteiger partial charge in [0.25, 0.3) is 5.89 Å². The number of ether oxygens (including phenoxy) is 2. The number of aromatic nitrogens is 2. The molecule has 28 heavy (non-hydrogen) atoms. The number of aryl methyl sites for hydroxylation is 1. The Morgan fingerprint density at radius 1 is 1.07 bits per heavy atom. The minimum Gasteiger partial charge on any atom is -0.482 e. The highest BCUT2D eigenvalue weighted by Crippen LogP contribution is 2.28. The van der Waals surface area contributed by atoms with E-state index in [9.17, 15) is 4.79 Å². The van der Waals surface area contributed by atoms with Gasteiger partial charge in [-0.1, -0.05) is 44.2 Å². The van der Waals surface area contributed by atoms with Gasteiger partial charge in [-0.15, -0.1) is 10.2 Å². The van der Waals surface area contributed by atoms with Crippen molar-refractivity contribution in [2.24, 2.45) is 0 Å². The van der Waals surface area contributed by atoms with E-state index in [4.69, 9.17) is 13.9 Å². The van der Waals surface area contributed by atoms with Crippen LogP contribution in [-0.4, -0.2) is 22.8 Å². The van der Waals surface area contributed by atoms with Crippen LogP contribution in [0.5, 0.6) is 5.75 Å². The summed E-state index contributed by atoms with van der Waals surface area (Å²) in [6.07, 6.45) is -0.664. The average Bonchev–Trinajstić information content (AvgIpc) is 3.17. The molecule has 6 heteroatoms. The lowest BCUT2D eigenvalue weighted by Gasteiger charge is -2.15. The third kappa shape index (κ3) is 4.76. The van der Waals surface area contributed by atoms with Gasteiger partial charge in [-0.25, -0.2) is 4.79 Å². The van der Waals surface area contributed by atoms with Crippen molar-refractivity contribution in [1.82, 2.24) is 10.2 Å². The highest BCUT2D eigenvalue weighted by molar-refractivity contribution is 5.71. The minimum atomic E-state index is -0.664. The van der Waals surface area contributed by atoms with Gasteiger partial charge in [0.05, 0.1) is 0 Å². The van der Waals surface area contributed by atoms with E-state index < -0.39 is 12.1 Å². The number of carbonyl (C=O) groups excluding carboxylic acids is 1. The van der Waals surface area contributed by atoms with Gasteiger partial charge in [-0.05, 0) is 49.1 Å². The summed E-state index contributed by atoms with van der Waals surface area (Å²) in [4.78, 5) is 12.2. The first-order valence-corrected chi connectivity index (χ1v) is 9.25. The molecule has 0 spiro atoms. The number of carbonyl (C=O) groups is 1. The number of nitrogens with zero attached hydrogens (tertiary/aromatic N) is 2. The van der Waals surface area contributed by atoms with Crippen molar-refractivity contribution in [1.29, 1.82) is 0 Å². The number of rotatable bonds is 7. The van der Waals surface area contributed by atoms with Crippen LogP contribution in [0, 0.1) is 6.92 Å². The molecule has 0 aliphatic carbocycles. The third-order valence-electron chi connectivity index (χ3n) is 4.25. The number of hydrogen-bond acceptors (Lipinski definition) is 6. The molecular formula is C22H24N2O4. The molecule has 1 unspecified atom stereocenters. The molecule has 3 rings (SSSR count). The predicted octanol–water partition coefficient (Wildman–Crippen LogP) is 4.85. The summed E-state index contributed by atoms with van der Waals surface area (Å²) in [5.74, 6) is 1.12. The van der Waals surface area contributed by atoms with Crippen molar-refractivity contribution in [3.05, 3.63) is 65.5 Å². The molecule has 146 valence electrons. The Kier molecular flexibility index (Phi) is 6.09. The van der Waals surface area contributed by atoms with E-state index in [2.05, 4.69) is 24.0 Å². The summed E-state index contributed by atoms with van der Waals surface area (Å²) in [6.45, 7) is 7.65. The molecule has 3 aromatic rings. The zero-order valence-electron chi connectivity index (χ0n) is 16.5. The van der Waals surface area contributed by atoms with Crippen molar-refractivity contribution in [3.8, 4) is 17.2 Å². The van der Waals surface area contributed by atoms with E-state index >= 15 is 0 Å². The first-order chi connectivity index (χ1) is 13.4. The second-order valence-electron chi connectivity index (χ2n) is 6.93. The van der Waals surface area contributed by atoms with E-state index in [1.165, 1.54) is 0 Å². The maximum absolute atomic E-state index is 12.2. The van der Waals surface area contributed by atoms with E-state index in [1.54, 1.807) is 6.92 Å². The van der Waals surface area contributed by atoms with Crippen molar-refractivity contribution >= 4 is 5.97 Å². The molecule has 0 saturated carbocycles. The van der Waals surface area contributed by atoms with Gasteiger partial charge in [0.1, 0.15) is 5.75 Å². The highest BCUT2D eigenvalue weighted by atomic mass is 16.6. The van der Waals surface area contributed by atoms with Crippen molar-refractivity contribution < 1.29 is 18.7 Å². The zero-order chi connectivity index (χ0) is 20.1.